The van der Waals surface area contributed by atoms with E-state index in [-0.39, 0.29) is 29.4 Å². The maximum atomic E-state index is 11.6. The molecular formula is C13H19N3O3. The topological polar surface area (TPSA) is 107 Å². The highest BCUT2D eigenvalue weighted by Crippen LogP contribution is 2.20. The maximum absolute atomic E-state index is 11.6. The first-order valence-corrected chi connectivity index (χ1v) is 5.82. The third-order valence-electron chi connectivity index (χ3n) is 2.14. The second kappa shape index (κ2) is 5.60. The maximum Gasteiger partial charge on any atom is 0.258 e. The Balaban J connectivity index is 2.73. The molecule has 104 valence electrons. The van der Waals surface area contributed by atoms with Crippen LogP contribution in [0.4, 0.5) is 5.69 Å². The molecule has 0 unspecified atom stereocenters. The number of nitrogen functional groups attached to an aromatic ring is 1. The molecule has 0 aromatic heterocycles. The van der Waals surface area contributed by atoms with E-state index in [2.05, 4.69) is 5.32 Å². The third-order valence-corrected chi connectivity index (χ3v) is 2.14. The van der Waals surface area contributed by atoms with Crippen LogP contribution >= 0.6 is 0 Å². The number of hydrogen-bond donors (Lipinski definition) is 3. The van der Waals surface area contributed by atoms with Crippen LogP contribution in [0.5, 0.6) is 5.75 Å². The van der Waals surface area contributed by atoms with Gasteiger partial charge in [0, 0.05) is 11.2 Å². The Hall–Kier alpha value is -2.24. The number of amides is 2. The van der Waals surface area contributed by atoms with E-state index in [1.165, 1.54) is 12.1 Å². The van der Waals surface area contributed by atoms with Crippen molar-refractivity contribution in [1.82, 2.24) is 5.32 Å². The van der Waals surface area contributed by atoms with Crippen LogP contribution in [0.1, 0.15) is 31.1 Å². The van der Waals surface area contributed by atoms with E-state index in [0.717, 1.165) is 0 Å². The Morgan fingerprint density at radius 1 is 1.32 bits per heavy atom. The van der Waals surface area contributed by atoms with Crippen LogP contribution in [0.2, 0.25) is 0 Å². The summed E-state index contributed by atoms with van der Waals surface area (Å²) >= 11 is 0. The Bertz CT molecular complexity index is 492. The van der Waals surface area contributed by atoms with Crippen LogP contribution in [0.3, 0.4) is 0 Å². The average Bonchev–Trinajstić information content (AvgIpc) is 2.24. The number of ether oxygens (including phenoxy) is 1. The van der Waals surface area contributed by atoms with Crippen molar-refractivity contribution in [2.24, 2.45) is 5.73 Å². The van der Waals surface area contributed by atoms with Gasteiger partial charge in [-0.3, -0.25) is 9.59 Å². The zero-order valence-corrected chi connectivity index (χ0v) is 11.3. The number of anilines is 1. The number of carbonyl (C=O) groups is 2. The smallest absolute Gasteiger partial charge is 0.258 e. The molecule has 0 bridgehead atoms. The molecule has 0 spiro atoms. The predicted octanol–water partition coefficient (Wildman–Crippen LogP) is 0.661. The van der Waals surface area contributed by atoms with Crippen LogP contribution in [-0.2, 0) is 4.79 Å². The first kappa shape index (κ1) is 14.8. The van der Waals surface area contributed by atoms with Crippen molar-refractivity contribution < 1.29 is 14.3 Å². The molecule has 0 atom stereocenters. The van der Waals surface area contributed by atoms with Gasteiger partial charge in [0.25, 0.3) is 11.8 Å². The lowest BCUT2D eigenvalue weighted by molar-refractivity contribution is -0.124. The lowest BCUT2D eigenvalue weighted by Crippen LogP contribution is -2.43. The Morgan fingerprint density at radius 3 is 2.47 bits per heavy atom. The number of benzene rings is 1. The molecule has 1 rings (SSSR count). The molecule has 0 aliphatic heterocycles. The molecule has 0 aliphatic rings. The largest absolute Gasteiger partial charge is 0.483 e. The van der Waals surface area contributed by atoms with Gasteiger partial charge in [-0.15, -0.1) is 0 Å². The van der Waals surface area contributed by atoms with Crippen LogP contribution in [-0.4, -0.2) is 24.0 Å². The summed E-state index contributed by atoms with van der Waals surface area (Å²) in [6.45, 7) is 5.40. The molecule has 5 N–H and O–H groups in total. The quantitative estimate of drug-likeness (QED) is 0.695. The van der Waals surface area contributed by atoms with E-state index < -0.39 is 5.91 Å². The van der Waals surface area contributed by atoms with Crippen LogP contribution in [0.15, 0.2) is 18.2 Å². The first-order chi connectivity index (χ1) is 8.69. The number of carbonyl (C=O) groups excluding carboxylic acids is 2. The summed E-state index contributed by atoms with van der Waals surface area (Å²) in [5, 5.41) is 2.74. The summed E-state index contributed by atoms with van der Waals surface area (Å²) in [4.78, 5) is 22.8. The molecule has 0 saturated carbocycles. The highest BCUT2D eigenvalue weighted by Gasteiger charge is 2.15. The molecule has 0 radical (unpaired) electrons. The highest BCUT2D eigenvalue weighted by atomic mass is 16.5. The van der Waals surface area contributed by atoms with Gasteiger partial charge in [0.1, 0.15) is 5.75 Å². The third kappa shape index (κ3) is 4.87. The van der Waals surface area contributed by atoms with E-state index in [1.54, 1.807) is 6.07 Å². The van der Waals surface area contributed by atoms with Gasteiger partial charge in [-0.1, -0.05) is 0 Å². The molecule has 1 aromatic carbocycles. The second-order valence-electron chi connectivity index (χ2n) is 5.21. The second-order valence-corrected chi connectivity index (χ2v) is 5.21. The van der Waals surface area contributed by atoms with E-state index in [4.69, 9.17) is 16.2 Å². The SMILES string of the molecule is CC(C)(C)NC(=O)COc1ccc(N)cc1C(N)=O. The Kier molecular flexibility index (Phi) is 4.37. The van der Waals surface area contributed by atoms with Gasteiger partial charge in [-0.25, -0.2) is 0 Å². The fraction of sp³-hybridized carbons (Fsp3) is 0.385. The molecule has 0 fully saturated rings. The molecule has 0 heterocycles. The van der Waals surface area contributed by atoms with Crippen molar-refractivity contribution >= 4 is 17.5 Å². The zero-order valence-electron chi connectivity index (χ0n) is 11.3. The molecule has 2 amide bonds. The predicted molar refractivity (Wildman–Crippen MR) is 72.8 cm³/mol. The minimum atomic E-state index is -0.654. The van der Waals surface area contributed by atoms with Crippen LogP contribution in [0.25, 0.3) is 0 Å². The van der Waals surface area contributed by atoms with Crippen LogP contribution in [0, 0.1) is 0 Å². The van der Waals surface area contributed by atoms with Crippen molar-refractivity contribution in [3.05, 3.63) is 23.8 Å². The zero-order chi connectivity index (χ0) is 14.6. The molecular weight excluding hydrogens is 246 g/mol. The lowest BCUT2D eigenvalue weighted by atomic mass is 10.1. The van der Waals surface area contributed by atoms with Crippen molar-refractivity contribution in [1.29, 1.82) is 0 Å². The first-order valence-electron chi connectivity index (χ1n) is 5.82. The van der Waals surface area contributed by atoms with Gasteiger partial charge in [-0.2, -0.15) is 0 Å². The molecule has 1 aromatic rings. The van der Waals surface area contributed by atoms with Crippen molar-refractivity contribution in [3.8, 4) is 5.75 Å². The standard InChI is InChI=1S/C13H19N3O3/c1-13(2,3)16-11(17)7-19-10-5-4-8(14)6-9(10)12(15)18/h4-6H,7,14H2,1-3H3,(H2,15,18)(H,16,17). The molecule has 6 nitrogen and oxygen atoms in total. The van der Waals surface area contributed by atoms with E-state index >= 15 is 0 Å². The Labute approximate surface area is 112 Å². The number of nitrogens with one attached hydrogen (secondary N) is 1. The van der Waals surface area contributed by atoms with E-state index in [0.29, 0.717) is 5.69 Å². The molecule has 0 saturated heterocycles. The molecule has 6 heteroatoms. The van der Waals surface area contributed by atoms with Gasteiger partial charge in [0.15, 0.2) is 6.61 Å². The van der Waals surface area contributed by atoms with Crippen molar-refractivity contribution in [2.75, 3.05) is 12.3 Å². The van der Waals surface area contributed by atoms with E-state index in [9.17, 15) is 9.59 Å². The number of rotatable bonds is 4. The number of primary amides is 1. The Morgan fingerprint density at radius 2 is 1.95 bits per heavy atom. The van der Waals surface area contributed by atoms with Crippen molar-refractivity contribution in [3.63, 3.8) is 0 Å². The lowest BCUT2D eigenvalue weighted by Gasteiger charge is -2.20. The molecule has 0 aliphatic carbocycles. The number of hydrogen-bond acceptors (Lipinski definition) is 4. The van der Waals surface area contributed by atoms with E-state index in [1.807, 2.05) is 20.8 Å². The normalized spacial score (nSPS) is 10.9. The fourth-order valence-electron chi connectivity index (χ4n) is 1.46. The van der Waals surface area contributed by atoms with Gasteiger partial charge in [-0.05, 0) is 39.0 Å². The summed E-state index contributed by atoms with van der Waals surface area (Å²) in [7, 11) is 0. The summed E-state index contributed by atoms with van der Waals surface area (Å²) in [5.41, 5.74) is 11.0. The summed E-state index contributed by atoms with van der Waals surface area (Å²) < 4.78 is 5.29. The monoisotopic (exact) mass is 265 g/mol. The van der Waals surface area contributed by atoms with Gasteiger partial charge in [0.05, 0.1) is 5.56 Å². The highest BCUT2D eigenvalue weighted by molar-refractivity contribution is 5.96. The summed E-state index contributed by atoms with van der Waals surface area (Å²) in [6, 6.07) is 4.50. The van der Waals surface area contributed by atoms with Gasteiger partial charge in [0.2, 0.25) is 0 Å². The molecule has 19 heavy (non-hydrogen) atoms. The van der Waals surface area contributed by atoms with Gasteiger partial charge >= 0.3 is 0 Å². The minimum absolute atomic E-state index is 0.156. The minimum Gasteiger partial charge on any atom is -0.483 e. The van der Waals surface area contributed by atoms with Crippen molar-refractivity contribution in [2.45, 2.75) is 26.3 Å². The average molecular weight is 265 g/mol. The van der Waals surface area contributed by atoms with Crippen LogP contribution < -0.4 is 21.5 Å². The fourth-order valence-corrected chi connectivity index (χ4v) is 1.46. The summed E-state index contributed by atoms with van der Waals surface area (Å²) in [5.74, 6) is -0.691. The summed E-state index contributed by atoms with van der Waals surface area (Å²) in [6.07, 6.45) is 0. The number of nitrogens with two attached hydrogens (primary N) is 2. The van der Waals surface area contributed by atoms with Gasteiger partial charge < -0.3 is 21.5 Å².